The number of fused-ring (bicyclic) bond motifs is 4. The van der Waals surface area contributed by atoms with E-state index in [4.69, 9.17) is 9.47 Å². The van der Waals surface area contributed by atoms with Gasteiger partial charge in [-0.1, -0.05) is 12.1 Å². The first kappa shape index (κ1) is 19.9. The van der Waals surface area contributed by atoms with Crippen LogP contribution >= 0.6 is 0 Å². The minimum atomic E-state index is 0.171. The fourth-order valence-electron chi connectivity index (χ4n) is 5.45. The van der Waals surface area contributed by atoms with Crippen molar-refractivity contribution in [1.82, 2.24) is 4.90 Å². The van der Waals surface area contributed by atoms with Crippen molar-refractivity contribution in [2.75, 3.05) is 56.2 Å². The Bertz CT molecular complexity index is 1020. The molecule has 1 N–H and O–H groups in total. The molecule has 6 heteroatoms. The van der Waals surface area contributed by atoms with Crippen LogP contribution in [0.25, 0.3) is 0 Å². The summed E-state index contributed by atoms with van der Waals surface area (Å²) in [7, 11) is 0. The van der Waals surface area contributed by atoms with E-state index in [2.05, 4.69) is 45.4 Å². The predicted octanol–water partition coefficient (Wildman–Crippen LogP) is 3.66. The molecular weight excluding hydrogens is 402 g/mol. The number of hydrogen-bond donors (Lipinski definition) is 1. The zero-order chi connectivity index (χ0) is 21.5. The van der Waals surface area contributed by atoms with Gasteiger partial charge in [0.1, 0.15) is 11.5 Å². The molecule has 2 aromatic carbocycles. The van der Waals surface area contributed by atoms with Crippen LogP contribution in [0.2, 0.25) is 0 Å². The molecule has 1 aliphatic carbocycles. The summed E-state index contributed by atoms with van der Waals surface area (Å²) < 4.78 is 11.7. The normalized spacial score (nSPS) is 23.6. The van der Waals surface area contributed by atoms with Gasteiger partial charge in [-0.25, -0.2) is 0 Å². The molecular formula is C26H31N3O3. The van der Waals surface area contributed by atoms with E-state index in [1.807, 2.05) is 6.07 Å². The highest BCUT2D eigenvalue weighted by atomic mass is 16.5. The largest absolute Gasteiger partial charge is 0.494 e. The number of unbranched alkanes of at least 4 members (excludes halogenated alkanes) is 1. The lowest BCUT2D eigenvalue weighted by Gasteiger charge is -2.36. The van der Waals surface area contributed by atoms with Gasteiger partial charge in [0.05, 0.1) is 13.2 Å². The molecule has 1 amide bonds. The number of piperazine rings is 1. The van der Waals surface area contributed by atoms with Crippen LogP contribution in [0.3, 0.4) is 0 Å². The van der Waals surface area contributed by atoms with E-state index >= 15 is 0 Å². The predicted molar refractivity (Wildman–Crippen MR) is 125 cm³/mol. The number of carbonyl (C=O) groups excluding carboxylic acids is 1. The third-order valence-corrected chi connectivity index (χ3v) is 7.38. The highest BCUT2D eigenvalue weighted by Gasteiger charge is 2.48. The Hall–Kier alpha value is -2.73. The van der Waals surface area contributed by atoms with Crippen LogP contribution in [0, 0.1) is 5.92 Å². The van der Waals surface area contributed by atoms with Gasteiger partial charge < -0.3 is 19.7 Å². The molecule has 3 aliphatic heterocycles. The van der Waals surface area contributed by atoms with Gasteiger partial charge >= 0.3 is 0 Å². The van der Waals surface area contributed by atoms with Crippen LogP contribution in [0.1, 0.15) is 36.3 Å². The van der Waals surface area contributed by atoms with E-state index in [-0.39, 0.29) is 11.8 Å². The van der Waals surface area contributed by atoms with Crippen molar-refractivity contribution in [3.05, 3.63) is 47.5 Å². The van der Waals surface area contributed by atoms with Crippen LogP contribution in [0.15, 0.2) is 36.4 Å². The van der Waals surface area contributed by atoms with Crippen LogP contribution in [0.5, 0.6) is 11.5 Å². The van der Waals surface area contributed by atoms with Crippen molar-refractivity contribution >= 4 is 17.3 Å². The number of amides is 1. The maximum atomic E-state index is 11.9. The molecule has 2 aromatic rings. The fraction of sp³-hybridized carbons (Fsp3) is 0.500. The number of carbonyl (C=O) groups is 1. The summed E-state index contributed by atoms with van der Waals surface area (Å²) >= 11 is 0. The first-order valence-corrected chi connectivity index (χ1v) is 12.1. The average Bonchev–Trinajstić information content (AvgIpc) is 3.49. The number of ether oxygens (including phenoxy) is 2. The first-order valence-electron chi connectivity index (χ1n) is 12.1. The standard InChI is InChI=1S/C26H31N3O3/c30-26-22-17-21(22)19-7-6-18(16-23(19)27-26)31-14-2-1-9-28-10-12-29(13-11-28)24-4-3-5-25-20(24)8-15-32-25/h3-7,16,21-22H,1-2,8-15,17H2,(H,27,30). The minimum absolute atomic E-state index is 0.171. The number of hydrogen-bond acceptors (Lipinski definition) is 5. The highest BCUT2D eigenvalue weighted by molar-refractivity contribution is 5.99. The van der Waals surface area contributed by atoms with E-state index in [1.165, 1.54) is 16.8 Å². The van der Waals surface area contributed by atoms with Gasteiger partial charge in [-0.3, -0.25) is 9.69 Å². The van der Waals surface area contributed by atoms with Gasteiger partial charge in [-0.05, 0) is 55.5 Å². The Labute approximate surface area is 189 Å². The summed E-state index contributed by atoms with van der Waals surface area (Å²) in [6.07, 6.45) is 4.20. The number of nitrogens with one attached hydrogen (secondary N) is 1. The van der Waals surface area contributed by atoms with Gasteiger partial charge in [-0.2, -0.15) is 0 Å². The lowest BCUT2D eigenvalue weighted by molar-refractivity contribution is -0.117. The third-order valence-electron chi connectivity index (χ3n) is 7.38. The van der Waals surface area contributed by atoms with E-state index in [9.17, 15) is 4.79 Å². The summed E-state index contributed by atoms with van der Waals surface area (Å²) in [5.41, 5.74) is 4.97. The van der Waals surface area contributed by atoms with Crippen LogP contribution in [-0.4, -0.2) is 56.7 Å². The molecule has 32 heavy (non-hydrogen) atoms. The molecule has 0 radical (unpaired) electrons. The van der Waals surface area contributed by atoms with Gasteiger partial charge in [0.2, 0.25) is 5.91 Å². The lowest BCUT2D eigenvalue weighted by atomic mass is 10.0. The molecule has 3 heterocycles. The number of anilines is 2. The molecule has 168 valence electrons. The Kier molecular flexibility index (Phi) is 5.18. The molecule has 0 bridgehead atoms. The molecule has 4 aliphatic rings. The molecule has 0 aromatic heterocycles. The monoisotopic (exact) mass is 433 g/mol. The zero-order valence-electron chi connectivity index (χ0n) is 18.5. The Balaban J connectivity index is 0.927. The van der Waals surface area contributed by atoms with Gasteiger partial charge in [0.15, 0.2) is 0 Å². The molecule has 2 fully saturated rings. The SMILES string of the molecule is O=C1Nc2cc(OCCCCN3CCN(c4cccc5c4CCO5)CC3)ccc2C2CC12. The van der Waals surface area contributed by atoms with Crippen molar-refractivity contribution in [2.24, 2.45) is 5.92 Å². The van der Waals surface area contributed by atoms with E-state index in [0.717, 1.165) is 88.8 Å². The van der Waals surface area contributed by atoms with Crippen molar-refractivity contribution in [3.8, 4) is 11.5 Å². The van der Waals surface area contributed by atoms with E-state index in [0.29, 0.717) is 5.92 Å². The maximum Gasteiger partial charge on any atom is 0.228 e. The number of benzene rings is 2. The molecule has 1 saturated heterocycles. The van der Waals surface area contributed by atoms with Crippen LogP contribution in [0.4, 0.5) is 11.4 Å². The quantitative estimate of drug-likeness (QED) is 0.676. The number of rotatable bonds is 7. The second kappa shape index (κ2) is 8.32. The lowest BCUT2D eigenvalue weighted by Crippen LogP contribution is -2.46. The zero-order valence-corrected chi connectivity index (χ0v) is 18.5. The van der Waals surface area contributed by atoms with E-state index in [1.54, 1.807) is 0 Å². The van der Waals surface area contributed by atoms with Gasteiger partial charge in [-0.15, -0.1) is 0 Å². The van der Waals surface area contributed by atoms with Crippen LogP contribution in [-0.2, 0) is 11.2 Å². The molecule has 0 spiro atoms. The van der Waals surface area contributed by atoms with Crippen molar-refractivity contribution < 1.29 is 14.3 Å². The summed E-state index contributed by atoms with van der Waals surface area (Å²) in [5, 5.41) is 3.03. The Morgan fingerprint density at radius 1 is 1.06 bits per heavy atom. The number of nitrogens with zero attached hydrogens (tertiary/aromatic N) is 2. The maximum absolute atomic E-state index is 11.9. The van der Waals surface area contributed by atoms with E-state index < -0.39 is 0 Å². The summed E-state index contributed by atoms with van der Waals surface area (Å²) in [6.45, 7) is 7.03. The Morgan fingerprint density at radius 2 is 1.97 bits per heavy atom. The first-order chi connectivity index (χ1) is 15.8. The summed E-state index contributed by atoms with van der Waals surface area (Å²) in [6, 6.07) is 12.6. The van der Waals surface area contributed by atoms with Gasteiger partial charge in [0.25, 0.3) is 0 Å². The Morgan fingerprint density at radius 3 is 2.88 bits per heavy atom. The topological polar surface area (TPSA) is 54.0 Å². The average molecular weight is 434 g/mol. The smallest absolute Gasteiger partial charge is 0.228 e. The summed E-state index contributed by atoms with van der Waals surface area (Å²) in [4.78, 5) is 17.0. The van der Waals surface area contributed by atoms with Crippen molar-refractivity contribution in [3.63, 3.8) is 0 Å². The van der Waals surface area contributed by atoms with Crippen LogP contribution < -0.4 is 19.7 Å². The highest BCUT2D eigenvalue weighted by Crippen LogP contribution is 2.53. The second-order valence-corrected chi connectivity index (χ2v) is 9.42. The van der Waals surface area contributed by atoms with Gasteiger partial charge in [0, 0.05) is 61.5 Å². The van der Waals surface area contributed by atoms with Crippen molar-refractivity contribution in [1.29, 1.82) is 0 Å². The molecule has 2 atom stereocenters. The molecule has 6 rings (SSSR count). The van der Waals surface area contributed by atoms with Crippen molar-refractivity contribution in [2.45, 2.75) is 31.6 Å². The minimum Gasteiger partial charge on any atom is -0.494 e. The third kappa shape index (κ3) is 3.81. The fourth-order valence-corrected chi connectivity index (χ4v) is 5.45. The molecule has 1 saturated carbocycles. The molecule has 6 nitrogen and oxygen atoms in total. The second-order valence-electron chi connectivity index (χ2n) is 9.42. The molecule has 2 unspecified atom stereocenters. The summed E-state index contributed by atoms with van der Waals surface area (Å²) in [5.74, 6) is 2.74.